The number of rotatable bonds is 7. The van der Waals surface area contributed by atoms with Gasteiger partial charge in [-0.2, -0.15) is 5.26 Å². The van der Waals surface area contributed by atoms with Gasteiger partial charge in [-0.15, -0.1) is 0 Å². The Hall–Kier alpha value is -2.10. The molecule has 0 saturated carbocycles. The normalized spacial score (nSPS) is 18.0. The van der Waals surface area contributed by atoms with Gasteiger partial charge in [-0.25, -0.2) is 4.79 Å². The Morgan fingerprint density at radius 3 is 2.72 bits per heavy atom. The van der Waals surface area contributed by atoms with Gasteiger partial charge < -0.3 is 15.0 Å². The highest BCUT2D eigenvalue weighted by atomic mass is 16.5. The summed E-state index contributed by atoms with van der Waals surface area (Å²) >= 11 is 0. The van der Waals surface area contributed by atoms with Crippen LogP contribution in [0.4, 0.5) is 10.5 Å². The van der Waals surface area contributed by atoms with Crippen LogP contribution in [0, 0.1) is 11.3 Å². The topological polar surface area (TPSA) is 68.6 Å². The number of urea groups is 1. The number of hydrogen-bond donors (Lipinski definition) is 1. The summed E-state index contributed by atoms with van der Waals surface area (Å²) in [6.07, 6.45) is 1.40. The molecule has 1 aromatic rings. The second-order valence-corrected chi connectivity index (χ2v) is 6.20. The van der Waals surface area contributed by atoms with Gasteiger partial charge in [-0.3, -0.25) is 4.90 Å². The van der Waals surface area contributed by atoms with E-state index in [9.17, 15) is 4.79 Å². The maximum Gasteiger partial charge on any atom is 0.321 e. The fraction of sp³-hybridized carbons (Fsp3) is 0.579. The molecule has 1 fully saturated rings. The molecule has 6 nitrogen and oxygen atoms in total. The summed E-state index contributed by atoms with van der Waals surface area (Å²) in [5.41, 5.74) is 1.72. The molecule has 2 rings (SSSR count). The third-order valence-corrected chi connectivity index (χ3v) is 4.58. The summed E-state index contributed by atoms with van der Waals surface area (Å²) in [6, 6.07) is 9.88. The van der Waals surface area contributed by atoms with Gasteiger partial charge in [0.1, 0.15) is 0 Å². The molecule has 136 valence electrons. The van der Waals surface area contributed by atoms with Crippen LogP contribution in [0.5, 0.6) is 0 Å². The Kier molecular flexibility index (Phi) is 7.71. The second-order valence-electron chi connectivity index (χ2n) is 6.20. The first-order valence-electron chi connectivity index (χ1n) is 9.01. The predicted molar refractivity (Wildman–Crippen MR) is 98.5 cm³/mol. The zero-order valence-electron chi connectivity index (χ0n) is 15.2. The number of carbonyl (C=O) groups is 1. The third kappa shape index (κ3) is 5.73. The van der Waals surface area contributed by atoms with Crippen molar-refractivity contribution in [2.75, 3.05) is 44.7 Å². The Balaban J connectivity index is 1.87. The van der Waals surface area contributed by atoms with E-state index in [4.69, 9.17) is 10.00 Å². The monoisotopic (exact) mass is 344 g/mol. The van der Waals surface area contributed by atoms with Crippen LogP contribution < -0.4 is 5.32 Å². The van der Waals surface area contributed by atoms with E-state index in [0.29, 0.717) is 12.5 Å². The summed E-state index contributed by atoms with van der Waals surface area (Å²) in [4.78, 5) is 16.8. The van der Waals surface area contributed by atoms with Crippen molar-refractivity contribution < 1.29 is 9.53 Å². The van der Waals surface area contributed by atoms with Gasteiger partial charge in [0.05, 0.1) is 19.1 Å². The Bertz CT molecular complexity index is 582. The average molecular weight is 344 g/mol. The Morgan fingerprint density at radius 2 is 2.08 bits per heavy atom. The van der Waals surface area contributed by atoms with Crippen LogP contribution in [-0.4, -0.2) is 61.3 Å². The molecule has 1 saturated heterocycles. The lowest BCUT2D eigenvalue weighted by Crippen LogP contribution is -2.56. The number of piperazine rings is 1. The van der Waals surface area contributed by atoms with Gasteiger partial charge >= 0.3 is 6.03 Å². The summed E-state index contributed by atoms with van der Waals surface area (Å²) in [5, 5.41) is 11.7. The first-order valence-corrected chi connectivity index (χ1v) is 9.01. The molecule has 1 N–H and O–H groups in total. The van der Waals surface area contributed by atoms with E-state index in [1.54, 1.807) is 0 Å². The molecular formula is C19H28N4O2. The SMILES string of the molecule is CCOCCN1CCN(C(=O)Nc2ccc(CC#N)cc2)CC1CC. The molecule has 25 heavy (non-hydrogen) atoms. The quantitative estimate of drug-likeness (QED) is 0.772. The van der Waals surface area contributed by atoms with Crippen molar-refractivity contribution in [2.45, 2.75) is 32.7 Å². The first kappa shape index (κ1) is 19.2. The molecule has 0 aliphatic carbocycles. The number of benzene rings is 1. The standard InChI is InChI=1S/C19H28N4O2/c1-3-18-15-23(12-11-22(18)13-14-25-4-2)19(24)21-17-7-5-16(6-8-17)9-10-20/h5-8,18H,3-4,9,11-15H2,1-2H3,(H,21,24). The van der Waals surface area contributed by atoms with E-state index in [0.717, 1.165) is 57.1 Å². The third-order valence-electron chi connectivity index (χ3n) is 4.58. The van der Waals surface area contributed by atoms with Crippen LogP contribution in [0.3, 0.4) is 0 Å². The average Bonchev–Trinajstić information content (AvgIpc) is 2.64. The molecule has 0 radical (unpaired) electrons. The fourth-order valence-electron chi connectivity index (χ4n) is 3.08. The maximum absolute atomic E-state index is 12.5. The highest BCUT2D eigenvalue weighted by Crippen LogP contribution is 2.15. The molecule has 2 amide bonds. The van der Waals surface area contributed by atoms with Crippen molar-refractivity contribution in [1.82, 2.24) is 9.80 Å². The van der Waals surface area contributed by atoms with Crippen LogP contribution >= 0.6 is 0 Å². The number of carbonyl (C=O) groups excluding carboxylic acids is 1. The molecular weight excluding hydrogens is 316 g/mol. The zero-order chi connectivity index (χ0) is 18.1. The van der Waals surface area contributed by atoms with E-state index in [1.807, 2.05) is 36.1 Å². The summed E-state index contributed by atoms with van der Waals surface area (Å²) in [7, 11) is 0. The molecule has 6 heteroatoms. The number of hydrogen-bond acceptors (Lipinski definition) is 4. The van der Waals surface area contributed by atoms with Crippen LogP contribution in [0.15, 0.2) is 24.3 Å². The molecule has 1 aliphatic rings. The van der Waals surface area contributed by atoms with Gasteiger partial charge in [-0.1, -0.05) is 19.1 Å². The lowest BCUT2D eigenvalue weighted by molar-refractivity contribution is 0.0545. The number of anilines is 1. The number of nitrogens with zero attached hydrogens (tertiary/aromatic N) is 3. The Morgan fingerprint density at radius 1 is 1.32 bits per heavy atom. The van der Waals surface area contributed by atoms with Crippen molar-refractivity contribution in [3.8, 4) is 6.07 Å². The lowest BCUT2D eigenvalue weighted by Gasteiger charge is -2.41. The van der Waals surface area contributed by atoms with E-state index < -0.39 is 0 Å². The van der Waals surface area contributed by atoms with Crippen LogP contribution in [0.1, 0.15) is 25.8 Å². The molecule has 0 bridgehead atoms. The minimum atomic E-state index is -0.0593. The van der Waals surface area contributed by atoms with Crippen LogP contribution in [0.25, 0.3) is 0 Å². The van der Waals surface area contributed by atoms with Gasteiger partial charge in [0, 0.05) is 44.5 Å². The number of nitriles is 1. The van der Waals surface area contributed by atoms with E-state index in [2.05, 4.69) is 23.2 Å². The van der Waals surface area contributed by atoms with Gasteiger partial charge in [0.25, 0.3) is 0 Å². The van der Waals surface area contributed by atoms with Crippen molar-refractivity contribution in [2.24, 2.45) is 0 Å². The Labute approximate surface area is 150 Å². The molecule has 1 unspecified atom stereocenters. The van der Waals surface area contributed by atoms with Crippen molar-refractivity contribution >= 4 is 11.7 Å². The summed E-state index contributed by atoms with van der Waals surface area (Å²) in [6.45, 7) is 8.91. The van der Waals surface area contributed by atoms with Crippen molar-refractivity contribution in [3.05, 3.63) is 29.8 Å². The van der Waals surface area contributed by atoms with Crippen molar-refractivity contribution in [1.29, 1.82) is 5.26 Å². The van der Waals surface area contributed by atoms with Gasteiger partial charge in [0.15, 0.2) is 0 Å². The minimum absolute atomic E-state index is 0.0593. The molecule has 1 aliphatic heterocycles. The molecule has 0 aromatic heterocycles. The smallest absolute Gasteiger partial charge is 0.321 e. The molecule has 1 aromatic carbocycles. The van der Waals surface area contributed by atoms with E-state index >= 15 is 0 Å². The highest BCUT2D eigenvalue weighted by Gasteiger charge is 2.28. The molecule has 0 spiro atoms. The van der Waals surface area contributed by atoms with Gasteiger partial charge in [-0.05, 0) is 31.0 Å². The summed E-state index contributed by atoms with van der Waals surface area (Å²) in [5.74, 6) is 0. The number of nitrogens with one attached hydrogen (secondary N) is 1. The van der Waals surface area contributed by atoms with Crippen LogP contribution in [0.2, 0.25) is 0 Å². The number of amides is 2. The zero-order valence-corrected chi connectivity index (χ0v) is 15.2. The van der Waals surface area contributed by atoms with E-state index in [-0.39, 0.29) is 6.03 Å². The van der Waals surface area contributed by atoms with Gasteiger partial charge in [0.2, 0.25) is 0 Å². The lowest BCUT2D eigenvalue weighted by atomic mass is 10.1. The highest BCUT2D eigenvalue weighted by molar-refractivity contribution is 5.89. The summed E-state index contributed by atoms with van der Waals surface area (Å²) < 4.78 is 5.45. The van der Waals surface area contributed by atoms with Crippen LogP contribution in [-0.2, 0) is 11.2 Å². The molecule has 1 atom stereocenters. The largest absolute Gasteiger partial charge is 0.380 e. The maximum atomic E-state index is 12.5. The molecule has 1 heterocycles. The van der Waals surface area contributed by atoms with E-state index in [1.165, 1.54) is 0 Å². The van der Waals surface area contributed by atoms with Crippen molar-refractivity contribution in [3.63, 3.8) is 0 Å². The first-order chi connectivity index (χ1) is 12.2. The predicted octanol–water partition coefficient (Wildman–Crippen LogP) is 2.72. The number of ether oxygens (including phenoxy) is 1. The minimum Gasteiger partial charge on any atom is -0.380 e. The second kappa shape index (κ2) is 10.0. The fourth-order valence-corrected chi connectivity index (χ4v) is 3.08.